The first-order valence-corrected chi connectivity index (χ1v) is 34.3. The summed E-state index contributed by atoms with van der Waals surface area (Å²) in [5, 5.41) is 23.4. The van der Waals surface area contributed by atoms with E-state index in [9.17, 15) is 19.8 Å². The van der Waals surface area contributed by atoms with Crippen LogP contribution in [0.4, 0.5) is 0 Å². The average molecular weight is 1050 g/mol. The summed E-state index contributed by atoms with van der Waals surface area (Å²) in [5.41, 5.74) is 0. The molecule has 0 radical (unpaired) electrons. The van der Waals surface area contributed by atoms with Gasteiger partial charge in [-0.25, -0.2) is 0 Å². The topological polar surface area (TPSA) is 95.9 Å². The number of unbranched alkanes of at least 4 members (excludes halogenated alkanes) is 54. The van der Waals surface area contributed by atoms with Gasteiger partial charge in [-0.15, -0.1) is 0 Å². The van der Waals surface area contributed by atoms with Gasteiger partial charge < -0.3 is 20.3 Å². The fraction of sp³-hybridized carbons (Fsp3) is 0.971. The van der Waals surface area contributed by atoms with Gasteiger partial charge in [0, 0.05) is 12.8 Å². The molecule has 0 aromatic heterocycles. The Hall–Kier alpha value is -1.14. The van der Waals surface area contributed by atoms with Crippen LogP contribution in [0.1, 0.15) is 399 Å². The van der Waals surface area contributed by atoms with Crippen LogP contribution in [0.3, 0.4) is 0 Å². The number of aliphatic hydroxyl groups is 2. The lowest BCUT2D eigenvalue weighted by Gasteiger charge is -2.22. The van der Waals surface area contributed by atoms with E-state index in [1.807, 2.05) is 0 Å². The predicted molar refractivity (Wildman–Crippen MR) is 324 cm³/mol. The molecule has 6 heteroatoms. The highest BCUT2D eigenvalue weighted by Gasteiger charge is 2.20. The summed E-state index contributed by atoms with van der Waals surface area (Å²) < 4.78 is 5.49. The number of hydrogen-bond donors (Lipinski definition) is 3. The second kappa shape index (κ2) is 64.4. The van der Waals surface area contributed by atoms with Crippen molar-refractivity contribution in [1.29, 1.82) is 0 Å². The minimum absolute atomic E-state index is 0.0113. The molecule has 0 saturated heterocycles. The second-order valence-electron chi connectivity index (χ2n) is 23.9. The minimum Gasteiger partial charge on any atom is -0.466 e. The van der Waals surface area contributed by atoms with Crippen molar-refractivity contribution in [2.45, 2.75) is 411 Å². The summed E-state index contributed by atoms with van der Waals surface area (Å²) in [6.07, 6.45) is 77.0. The van der Waals surface area contributed by atoms with Crippen LogP contribution in [-0.4, -0.2) is 47.4 Å². The van der Waals surface area contributed by atoms with E-state index in [4.69, 9.17) is 4.74 Å². The Bertz CT molecular complexity index is 1070. The van der Waals surface area contributed by atoms with E-state index in [2.05, 4.69) is 19.2 Å². The van der Waals surface area contributed by atoms with Crippen LogP contribution in [-0.2, 0) is 14.3 Å². The number of amides is 1. The molecule has 0 aromatic carbocycles. The summed E-state index contributed by atoms with van der Waals surface area (Å²) in [7, 11) is 0. The lowest BCUT2D eigenvalue weighted by Crippen LogP contribution is -2.45. The molecule has 0 rings (SSSR count). The summed E-state index contributed by atoms with van der Waals surface area (Å²) in [5.74, 6) is -0.0217. The molecule has 1 amide bonds. The standard InChI is InChI=1S/C68H135NO5/c1-3-5-7-9-11-13-15-17-19-20-21-22-23-24-25-26-27-30-33-36-40-44-48-52-56-60-66(71)65(64-70)69-67(72)61-57-53-49-45-41-37-34-31-28-29-32-35-39-43-47-51-55-59-63-74-68(73)62-58-54-50-46-42-38-18-16-14-12-10-8-6-4-2/h65-66,70-71H,3-64H2,1-2H3,(H,69,72). The molecule has 0 aromatic rings. The second-order valence-corrected chi connectivity index (χ2v) is 23.9. The zero-order valence-corrected chi connectivity index (χ0v) is 50.6. The average Bonchev–Trinajstić information content (AvgIpc) is 3.40. The van der Waals surface area contributed by atoms with Gasteiger partial charge in [0.1, 0.15) is 0 Å². The molecular weight excluding hydrogens is 911 g/mol. The maximum absolute atomic E-state index is 12.5. The van der Waals surface area contributed by atoms with E-state index in [1.165, 1.54) is 327 Å². The van der Waals surface area contributed by atoms with Crippen LogP contribution in [0.15, 0.2) is 0 Å². The highest BCUT2D eigenvalue weighted by molar-refractivity contribution is 5.76. The Labute approximate surface area is 464 Å². The molecule has 0 fully saturated rings. The largest absolute Gasteiger partial charge is 0.466 e. The summed E-state index contributed by atoms with van der Waals surface area (Å²) in [4.78, 5) is 24.6. The monoisotopic (exact) mass is 1050 g/mol. The summed E-state index contributed by atoms with van der Waals surface area (Å²) >= 11 is 0. The molecule has 2 unspecified atom stereocenters. The normalized spacial score (nSPS) is 12.4. The Kier molecular flexibility index (Phi) is 63.4. The van der Waals surface area contributed by atoms with Crippen LogP contribution < -0.4 is 5.32 Å². The van der Waals surface area contributed by atoms with Gasteiger partial charge in [-0.05, 0) is 25.7 Å². The molecule has 0 bridgehead atoms. The highest BCUT2D eigenvalue weighted by atomic mass is 16.5. The maximum Gasteiger partial charge on any atom is 0.305 e. The molecule has 74 heavy (non-hydrogen) atoms. The van der Waals surface area contributed by atoms with Crippen LogP contribution in [0.5, 0.6) is 0 Å². The van der Waals surface area contributed by atoms with Gasteiger partial charge in [0.05, 0.1) is 25.4 Å². The van der Waals surface area contributed by atoms with Crippen LogP contribution in [0.2, 0.25) is 0 Å². The van der Waals surface area contributed by atoms with E-state index in [1.54, 1.807) is 0 Å². The minimum atomic E-state index is -0.667. The van der Waals surface area contributed by atoms with Crippen molar-refractivity contribution in [1.82, 2.24) is 5.32 Å². The molecule has 442 valence electrons. The zero-order valence-electron chi connectivity index (χ0n) is 50.6. The van der Waals surface area contributed by atoms with E-state index >= 15 is 0 Å². The van der Waals surface area contributed by atoms with Gasteiger partial charge in [-0.3, -0.25) is 9.59 Å². The first kappa shape index (κ1) is 72.9. The number of rotatable bonds is 65. The molecule has 2 atom stereocenters. The van der Waals surface area contributed by atoms with E-state index in [0.717, 1.165) is 38.5 Å². The van der Waals surface area contributed by atoms with Crippen molar-refractivity contribution < 1.29 is 24.5 Å². The third-order valence-corrected chi connectivity index (χ3v) is 16.4. The van der Waals surface area contributed by atoms with Crippen molar-refractivity contribution in [3.63, 3.8) is 0 Å². The SMILES string of the molecule is CCCCCCCCCCCCCCCCCCCCCCCCCCCC(O)C(CO)NC(=O)CCCCCCCCCCCCCCCCCCCCOC(=O)CCCCCCCCCCCCCCCC. The van der Waals surface area contributed by atoms with Gasteiger partial charge in [0.25, 0.3) is 0 Å². The van der Waals surface area contributed by atoms with Crippen molar-refractivity contribution in [2.24, 2.45) is 0 Å². The Morgan fingerprint density at radius 2 is 0.554 bits per heavy atom. The highest BCUT2D eigenvalue weighted by Crippen LogP contribution is 2.19. The molecule has 0 saturated carbocycles. The molecule has 6 nitrogen and oxygen atoms in total. The third-order valence-electron chi connectivity index (χ3n) is 16.4. The van der Waals surface area contributed by atoms with Crippen LogP contribution in [0, 0.1) is 0 Å². The van der Waals surface area contributed by atoms with Gasteiger partial charge >= 0.3 is 5.97 Å². The number of ether oxygens (including phenoxy) is 1. The fourth-order valence-electron chi connectivity index (χ4n) is 11.2. The molecule has 0 aliphatic heterocycles. The number of carbonyl (C=O) groups excluding carboxylic acids is 2. The summed E-state index contributed by atoms with van der Waals surface area (Å²) in [6, 6.07) is -0.545. The molecular formula is C68H135NO5. The van der Waals surface area contributed by atoms with Gasteiger partial charge in [-0.1, -0.05) is 361 Å². The first-order valence-electron chi connectivity index (χ1n) is 34.3. The maximum atomic E-state index is 12.5. The van der Waals surface area contributed by atoms with Crippen LogP contribution in [0.25, 0.3) is 0 Å². The van der Waals surface area contributed by atoms with Gasteiger partial charge in [0.2, 0.25) is 5.91 Å². The number of nitrogens with one attached hydrogen (secondary N) is 1. The number of esters is 1. The Morgan fingerprint density at radius 1 is 0.324 bits per heavy atom. The van der Waals surface area contributed by atoms with Crippen LogP contribution >= 0.6 is 0 Å². The number of aliphatic hydroxyl groups excluding tert-OH is 2. The van der Waals surface area contributed by atoms with E-state index in [0.29, 0.717) is 25.9 Å². The van der Waals surface area contributed by atoms with Crippen molar-refractivity contribution in [3.05, 3.63) is 0 Å². The zero-order chi connectivity index (χ0) is 53.6. The molecule has 0 aliphatic carbocycles. The van der Waals surface area contributed by atoms with Gasteiger partial charge in [-0.2, -0.15) is 0 Å². The predicted octanol–water partition coefficient (Wildman–Crippen LogP) is 21.8. The lowest BCUT2D eigenvalue weighted by molar-refractivity contribution is -0.143. The lowest BCUT2D eigenvalue weighted by atomic mass is 10.0. The number of carbonyl (C=O) groups is 2. The molecule has 0 spiro atoms. The van der Waals surface area contributed by atoms with Gasteiger partial charge in [0.15, 0.2) is 0 Å². The van der Waals surface area contributed by atoms with Crippen molar-refractivity contribution in [3.8, 4) is 0 Å². The van der Waals surface area contributed by atoms with Crippen molar-refractivity contribution in [2.75, 3.05) is 13.2 Å². The fourth-order valence-corrected chi connectivity index (χ4v) is 11.2. The van der Waals surface area contributed by atoms with E-state index < -0.39 is 12.1 Å². The Morgan fingerprint density at radius 3 is 0.824 bits per heavy atom. The smallest absolute Gasteiger partial charge is 0.305 e. The summed E-state index contributed by atoms with van der Waals surface area (Å²) in [6.45, 7) is 4.99. The number of hydrogen-bond acceptors (Lipinski definition) is 5. The van der Waals surface area contributed by atoms with Crippen molar-refractivity contribution >= 4 is 11.9 Å². The molecule has 0 aliphatic rings. The Balaban J connectivity index is 3.39. The third kappa shape index (κ3) is 60.1. The first-order chi connectivity index (χ1) is 36.5. The molecule has 3 N–H and O–H groups in total. The molecule has 0 heterocycles. The van der Waals surface area contributed by atoms with E-state index in [-0.39, 0.29) is 18.5 Å². The quantitative estimate of drug-likeness (QED) is 0.0417.